The number of carbonyl (C=O) groups excluding carboxylic acids is 1. The summed E-state index contributed by atoms with van der Waals surface area (Å²) in [6.07, 6.45) is 0. The van der Waals surface area contributed by atoms with Crippen LogP contribution in [0.3, 0.4) is 0 Å². The van der Waals surface area contributed by atoms with Gasteiger partial charge in [0.05, 0.1) is 10.5 Å². The summed E-state index contributed by atoms with van der Waals surface area (Å²) in [7, 11) is 0. The zero-order chi connectivity index (χ0) is 18.1. The molecule has 6 heteroatoms. The van der Waals surface area contributed by atoms with Gasteiger partial charge in [0.1, 0.15) is 5.75 Å². The Morgan fingerprint density at radius 2 is 1.79 bits per heavy atom. The number of anilines is 1. The van der Waals surface area contributed by atoms with Crippen LogP contribution in [-0.4, -0.2) is 15.9 Å². The number of nitro benzene ring substituents is 1. The molecule has 24 heavy (non-hydrogen) atoms. The number of hydrogen-bond acceptors (Lipinski definition) is 4. The van der Waals surface area contributed by atoms with E-state index in [1.54, 1.807) is 24.3 Å². The van der Waals surface area contributed by atoms with Gasteiger partial charge < -0.3 is 10.4 Å². The van der Waals surface area contributed by atoms with Gasteiger partial charge in [-0.25, -0.2) is 0 Å². The van der Waals surface area contributed by atoms with Gasteiger partial charge in [0.2, 0.25) is 0 Å². The van der Waals surface area contributed by atoms with Gasteiger partial charge in [0.25, 0.3) is 11.6 Å². The van der Waals surface area contributed by atoms with Crippen molar-refractivity contribution in [2.75, 3.05) is 5.32 Å². The molecular weight excluding hydrogens is 308 g/mol. The third kappa shape index (κ3) is 3.37. The molecule has 0 heterocycles. The summed E-state index contributed by atoms with van der Waals surface area (Å²) in [6, 6.07) is 10.1. The van der Waals surface area contributed by atoms with Gasteiger partial charge >= 0.3 is 0 Å². The number of nitro groups is 1. The Labute approximate surface area is 140 Å². The molecule has 2 aromatic rings. The quantitative estimate of drug-likeness (QED) is 0.653. The van der Waals surface area contributed by atoms with Crippen LogP contribution in [0.2, 0.25) is 0 Å². The number of benzene rings is 2. The highest BCUT2D eigenvalue weighted by Crippen LogP contribution is 2.39. The first-order valence-electron chi connectivity index (χ1n) is 7.50. The first-order valence-corrected chi connectivity index (χ1v) is 7.50. The maximum Gasteiger partial charge on any atom is 0.273 e. The van der Waals surface area contributed by atoms with Crippen LogP contribution in [0.4, 0.5) is 11.4 Å². The van der Waals surface area contributed by atoms with Gasteiger partial charge in [-0.3, -0.25) is 14.9 Å². The number of hydrogen-bond donors (Lipinski definition) is 2. The van der Waals surface area contributed by atoms with Crippen molar-refractivity contribution in [2.24, 2.45) is 0 Å². The molecule has 0 aliphatic heterocycles. The number of phenolic OH excluding ortho intramolecular Hbond substituents is 1. The molecular formula is C18H20N2O4. The van der Waals surface area contributed by atoms with E-state index in [0.29, 0.717) is 11.3 Å². The van der Waals surface area contributed by atoms with Crippen LogP contribution in [0.5, 0.6) is 5.75 Å². The van der Waals surface area contributed by atoms with Crippen molar-refractivity contribution in [2.45, 2.75) is 33.1 Å². The smallest absolute Gasteiger partial charge is 0.273 e. The molecule has 2 aromatic carbocycles. The van der Waals surface area contributed by atoms with Crippen molar-refractivity contribution < 1.29 is 14.8 Å². The van der Waals surface area contributed by atoms with Gasteiger partial charge in [0, 0.05) is 22.9 Å². The summed E-state index contributed by atoms with van der Waals surface area (Å²) < 4.78 is 0. The molecule has 0 aromatic heterocycles. The Bertz CT molecular complexity index is 793. The lowest BCUT2D eigenvalue weighted by Crippen LogP contribution is -2.19. The molecule has 6 nitrogen and oxygen atoms in total. The molecule has 0 bridgehead atoms. The van der Waals surface area contributed by atoms with E-state index in [4.69, 9.17) is 0 Å². The van der Waals surface area contributed by atoms with Gasteiger partial charge in [-0.2, -0.15) is 0 Å². The molecule has 2 rings (SSSR count). The van der Waals surface area contributed by atoms with Crippen LogP contribution >= 0.6 is 0 Å². The highest BCUT2D eigenvalue weighted by atomic mass is 16.6. The average molecular weight is 328 g/mol. The maximum atomic E-state index is 12.6. The number of carbonyl (C=O) groups is 1. The summed E-state index contributed by atoms with van der Waals surface area (Å²) in [6.45, 7) is 6.92. The highest BCUT2D eigenvalue weighted by Gasteiger charge is 2.30. The Morgan fingerprint density at radius 1 is 1.21 bits per heavy atom. The van der Waals surface area contributed by atoms with Crippen molar-refractivity contribution in [1.29, 1.82) is 0 Å². The van der Waals surface area contributed by atoms with Gasteiger partial charge in [-0.15, -0.1) is 0 Å². The number of amides is 1. The predicted octanol–water partition coefficient (Wildman–Crippen LogP) is 4.16. The molecule has 126 valence electrons. The lowest BCUT2D eigenvalue weighted by molar-refractivity contribution is -0.385. The van der Waals surface area contributed by atoms with E-state index in [9.17, 15) is 20.0 Å². The lowest BCUT2D eigenvalue weighted by Gasteiger charge is -2.22. The summed E-state index contributed by atoms with van der Waals surface area (Å²) in [5.74, 6) is -0.801. The molecule has 0 unspecified atom stereocenters. The van der Waals surface area contributed by atoms with E-state index in [2.05, 4.69) is 5.32 Å². The summed E-state index contributed by atoms with van der Waals surface area (Å²) in [5, 5.41) is 24.6. The Balaban J connectivity index is 2.61. The molecule has 0 aliphatic carbocycles. The highest BCUT2D eigenvalue weighted by molar-refractivity contribution is 6.08. The number of aromatic hydroxyl groups is 1. The number of rotatable bonds is 3. The number of nitrogens with zero attached hydrogens (tertiary/aromatic N) is 1. The second-order valence-electron chi connectivity index (χ2n) is 6.62. The van der Waals surface area contributed by atoms with Gasteiger partial charge in [-0.1, -0.05) is 39.0 Å². The second kappa shape index (κ2) is 6.31. The van der Waals surface area contributed by atoms with E-state index in [-0.39, 0.29) is 22.6 Å². The summed E-state index contributed by atoms with van der Waals surface area (Å²) in [4.78, 5) is 23.4. The van der Waals surface area contributed by atoms with E-state index < -0.39 is 16.2 Å². The molecule has 0 aliphatic rings. The van der Waals surface area contributed by atoms with Gasteiger partial charge in [-0.05, 0) is 24.5 Å². The molecule has 2 N–H and O–H groups in total. The third-order valence-electron chi connectivity index (χ3n) is 3.80. The minimum atomic E-state index is -0.578. The van der Waals surface area contributed by atoms with Crippen molar-refractivity contribution in [1.82, 2.24) is 0 Å². The van der Waals surface area contributed by atoms with Crippen molar-refractivity contribution >= 4 is 17.3 Å². The van der Waals surface area contributed by atoms with E-state index in [1.807, 2.05) is 26.8 Å². The summed E-state index contributed by atoms with van der Waals surface area (Å²) >= 11 is 0. The molecule has 0 saturated carbocycles. The number of nitrogens with one attached hydrogen (secondary N) is 1. The first-order chi connectivity index (χ1) is 11.1. The normalized spacial score (nSPS) is 11.2. The fraction of sp³-hybridized carbons (Fsp3) is 0.278. The lowest BCUT2D eigenvalue weighted by atomic mass is 9.83. The minimum Gasteiger partial charge on any atom is -0.507 e. The fourth-order valence-electron chi connectivity index (χ4n) is 2.51. The monoisotopic (exact) mass is 328 g/mol. The van der Waals surface area contributed by atoms with E-state index >= 15 is 0 Å². The summed E-state index contributed by atoms with van der Waals surface area (Å²) in [5.41, 5.74) is 0.237. The van der Waals surface area contributed by atoms with Crippen LogP contribution in [0.25, 0.3) is 0 Å². The Kier molecular flexibility index (Phi) is 4.59. The second-order valence-corrected chi connectivity index (χ2v) is 6.62. The van der Waals surface area contributed by atoms with Crippen LogP contribution in [0, 0.1) is 17.0 Å². The first kappa shape index (κ1) is 17.5. The van der Waals surface area contributed by atoms with Crippen LogP contribution in [0.1, 0.15) is 42.3 Å². The molecule has 0 saturated heterocycles. The zero-order valence-electron chi connectivity index (χ0n) is 14.1. The Morgan fingerprint density at radius 3 is 2.29 bits per heavy atom. The van der Waals surface area contributed by atoms with Crippen molar-refractivity contribution in [3.05, 3.63) is 63.2 Å². The molecule has 0 atom stereocenters. The molecule has 0 radical (unpaired) electrons. The topological polar surface area (TPSA) is 92.5 Å². The zero-order valence-corrected chi connectivity index (χ0v) is 14.1. The van der Waals surface area contributed by atoms with Gasteiger partial charge in [0.15, 0.2) is 0 Å². The SMILES string of the molecule is Cc1c([N+](=O)[O-])cc(C(C)(C)C)c(O)c1C(=O)Nc1ccccc1. The maximum absolute atomic E-state index is 12.6. The Hall–Kier alpha value is -2.89. The van der Waals surface area contributed by atoms with Crippen molar-refractivity contribution in [3.63, 3.8) is 0 Å². The minimum absolute atomic E-state index is 0.0713. The standard InChI is InChI=1S/C18H20N2O4/c1-11-14(20(23)24)10-13(18(2,3)4)16(21)15(11)17(22)19-12-8-6-5-7-9-12/h5-10,21H,1-4H3,(H,19,22). The molecule has 0 spiro atoms. The number of phenols is 1. The van der Waals surface area contributed by atoms with Crippen LogP contribution in [-0.2, 0) is 5.41 Å². The fourth-order valence-corrected chi connectivity index (χ4v) is 2.51. The van der Waals surface area contributed by atoms with E-state index in [0.717, 1.165) is 0 Å². The number of para-hydroxylation sites is 1. The largest absolute Gasteiger partial charge is 0.507 e. The molecule has 1 amide bonds. The van der Waals surface area contributed by atoms with Crippen LogP contribution < -0.4 is 5.32 Å². The molecule has 0 fully saturated rings. The third-order valence-corrected chi connectivity index (χ3v) is 3.80. The average Bonchev–Trinajstić information content (AvgIpc) is 2.46. The van der Waals surface area contributed by atoms with Crippen molar-refractivity contribution in [3.8, 4) is 5.75 Å². The van der Waals surface area contributed by atoms with Crippen LogP contribution in [0.15, 0.2) is 36.4 Å². The van der Waals surface area contributed by atoms with E-state index in [1.165, 1.54) is 13.0 Å². The predicted molar refractivity (Wildman–Crippen MR) is 92.6 cm³/mol.